The maximum absolute atomic E-state index is 3.88. The van der Waals surface area contributed by atoms with E-state index >= 15 is 0 Å². The van der Waals surface area contributed by atoms with Crippen LogP contribution in [0.5, 0.6) is 0 Å². The van der Waals surface area contributed by atoms with Crippen molar-refractivity contribution in [3.8, 4) is 11.1 Å². The third-order valence-electron chi connectivity index (χ3n) is 3.72. The second-order valence-electron chi connectivity index (χ2n) is 5.15. The first-order chi connectivity index (χ1) is 9.28. The summed E-state index contributed by atoms with van der Waals surface area (Å²) in [7, 11) is 0. The molecule has 0 saturated heterocycles. The van der Waals surface area contributed by atoms with Crippen LogP contribution in [0.4, 0.5) is 0 Å². The van der Waals surface area contributed by atoms with Crippen molar-refractivity contribution in [3.05, 3.63) is 71.3 Å². The summed E-state index contributed by atoms with van der Waals surface area (Å²) >= 11 is 0. The molecule has 3 rings (SSSR count). The summed E-state index contributed by atoms with van der Waals surface area (Å²) in [6.45, 7) is 6.03. The molecule has 2 aromatic rings. The maximum Gasteiger partial charge on any atom is -0.0146 e. The molecular formula is C19H18. The Kier molecular flexibility index (Phi) is 3.08. The zero-order valence-electron chi connectivity index (χ0n) is 11.3. The number of aryl methyl sites for hydroxylation is 1. The first kappa shape index (κ1) is 12.0. The minimum absolute atomic E-state index is 1.14. The molecule has 0 saturated carbocycles. The van der Waals surface area contributed by atoms with Gasteiger partial charge in [0.25, 0.3) is 0 Å². The molecule has 0 spiro atoms. The second kappa shape index (κ2) is 4.89. The summed E-state index contributed by atoms with van der Waals surface area (Å²) < 4.78 is 0. The van der Waals surface area contributed by atoms with Crippen LogP contribution in [-0.4, -0.2) is 0 Å². The van der Waals surface area contributed by atoms with E-state index in [0.717, 1.165) is 12.8 Å². The fraction of sp³-hybridized carbons (Fsp3) is 0.158. The van der Waals surface area contributed by atoms with Gasteiger partial charge in [0.05, 0.1) is 0 Å². The van der Waals surface area contributed by atoms with Gasteiger partial charge in [0, 0.05) is 0 Å². The van der Waals surface area contributed by atoms with Crippen LogP contribution in [0.2, 0.25) is 0 Å². The highest BCUT2D eigenvalue weighted by Crippen LogP contribution is 2.31. The van der Waals surface area contributed by atoms with Crippen LogP contribution in [-0.2, 0) is 6.42 Å². The highest BCUT2D eigenvalue weighted by molar-refractivity contribution is 5.75. The number of rotatable bonds is 2. The van der Waals surface area contributed by atoms with E-state index in [9.17, 15) is 0 Å². The number of allylic oxidation sites excluding steroid dienone is 1. The zero-order valence-corrected chi connectivity index (χ0v) is 11.3. The third-order valence-corrected chi connectivity index (χ3v) is 3.72. The van der Waals surface area contributed by atoms with Gasteiger partial charge in [0.1, 0.15) is 0 Å². The van der Waals surface area contributed by atoms with Gasteiger partial charge in [-0.2, -0.15) is 0 Å². The molecule has 0 N–H and O–H groups in total. The van der Waals surface area contributed by atoms with Crippen molar-refractivity contribution in [2.75, 3.05) is 0 Å². The average molecular weight is 246 g/mol. The minimum Gasteiger partial charge on any atom is -0.0985 e. The molecule has 2 aromatic carbocycles. The van der Waals surface area contributed by atoms with Crippen molar-refractivity contribution in [1.82, 2.24) is 0 Å². The Morgan fingerprint density at radius 3 is 2.89 bits per heavy atom. The quantitative estimate of drug-likeness (QED) is 0.677. The summed E-state index contributed by atoms with van der Waals surface area (Å²) in [6, 6.07) is 13.3. The molecule has 94 valence electrons. The van der Waals surface area contributed by atoms with Gasteiger partial charge in [-0.1, -0.05) is 55.1 Å². The van der Waals surface area contributed by atoms with Gasteiger partial charge < -0.3 is 0 Å². The van der Waals surface area contributed by atoms with Crippen molar-refractivity contribution in [1.29, 1.82) is 0 Å². The molecule has 1 aliphatic carbocycles. The van der Waals surface area contributed by atoms with E-state index in [1.54, 1.807) is 0 Å². The second-order valence-corrected chi connectivity index (χ2v) is 5.15. The van der Waals surface area contributed by atoms with Crippen LogP contribution in [0.1, 0.15) is 28.7 Å². The molecule has 0 aromatic heterocycles. The molecule has 0 bridgehead atoms. The van der Waals surface area contributed by atoms with Crippen LogP contribution >= 0.6 is 0 Å². The summed E-state index contributed by atoms with van der Waals surface area (Å²) in [5.41, 5.74) is 8.00. The normalized spacial score (nSPS) is 13.1. The van der Waals surface area contributed by atoms with Gasteiger partial charge in [0.2, 0.25) is 0 Å². The molecule has 0 nitrogen and oxygen atoms in total. The van der Waals surface area contributed by atoms with Gasteiger partial charge in [-0.05, 0) is 59.2 Å². The van der Waals surface area contributed by atoms with Crippen molar-refractivity contribution >= 4 is 12.2 Å². The van der Waals surface area contributed by atoms with Gasteiger partial charge in [-0.15, -0.1) is 0 Å². The molecule has 0 atom stereocenters. The fourth-order valence-corrected chi connectivity index (χ4v) is 2.83. The summed E-state index contributed by atoms with van der Waals surface area (Å²) in [5.74, 6) is 0. The Morgan fingerprint density at radius 1 is 1.16 bits per heavy atom. The van der Waals surface area contributed by atoms with Gasteiger partial charge in [-0.25, -0.2) is 0 Å². The van der Waals surface area contributed by atoms with E-state index in [4.69, 9.17) is 0 Å². The summed E-state index contributed by atoms with van der Waals surface area (Å²) in [6.07, 6.45) is 8.71. The number of benzene rings is 2. The van der Waals surface area contributed by atoms with Crippen LogP contribution in [0, 0.1) is 6.92 Å². The molecule has 19 heavy (non-hydrogen) atoms. The summed E-state index contributed by atoms with van der Waals surface area (Å²) in [4.78, 5) is 0. The Labute approximate surface area is 115 Å². The Bertz CT molecular complexity index is 660. The standard InChI is InChI=1S/C19H18/c1-3-15-11-14(2)12-17(13-15)19-10-6-8-16-7-4-5-9-18(16)19/h3-4,6-8,10-13H,1,5,9H2,2H3. The largest absolute Gasteiger partial charge is 0.0985 e. The van der Waals surface area contributed by atoms with Gasteiger partial charge in [-0.3, -0.25) is 0 Å². The SMILES string of the molecule is C=Cc1cc(C)cc(-c2cccc3c2CCC=C3)c1. The van der Waals surface area contributed by atoms with Crippen molar-refractivity contribution in [2.24, 2.45) is 0 Å². The lowest BCUT2D eigenvalue weighted by atomic mass is 9.88. The van der Waals surface area contributed by atoms with E-state index < -0.39 is 0 Å². The van der Waals surface area contributed by atoms with E-state index in [1.807, 2.05) is 6.08 Å². The first-order valence-electron chi connectivity index (χ1n) is 6.81. The van der Waals surface area contributed by atoms with Crippen LogP contribution in [0.25, 0.3) is 23.3 Å². The topological polar surface area (TPSA) is 0 Å². The Morgan fingerprint density at radius 2 is 2.05 bits per heavy atom. The molecule has 0 amide bonds. The molecule has 0 radical (unpaired) electrons. The van der Waals surface area contributed by atoms with E-state index in [0.29, 0.717) is 0 Å². The average Bonchev–Trinajstić information content (AvgIpc) is 2.46. The predicted octanol–water partition coefficient (Wildman–Crippen LogP) is 5.26. The molecule has 0 fully saturated rings. The molecular weight excluding hydrogens is 228 g/mol. The molecule has 0 heteroatoms. The Balaban J connectivity index is 2.20. The molecule has 0 heterocycles. The van der Waals surface area contributed by atoms with Crippen LogP contribution in [0.3, 0.4) is 0 Å². The van der Waals surface area contributed by atoms with Crippen LogP contribution in [0.15, 0.2) is 49.1 Å². The fourth-order valence-electron chi connectivity index (χ4n) is 2.83. The van der Waals surface area contributed by atoms with Crippen molar-refractivity contribution in [3.63, 3.8) is 0 Å². The van der Waals surface area contributed by atoms with Crippen molar-refractivity contribution < 1.29 is 0 Å². The predicted molar refractivity (Wildman–Crippen MR) is 84.1 cm³/mol. The molecule has 1 aliphatic rings. The highest BCUT2D eigenvalue weighted by Gasteiger charge is 2.11. The highest BCUT2D eigenvalue weighted by atomic mass is 14.2. The van der Waals surface area contributed by atoms with Gasteiger partial charge >= 0.3 is 0 Å². The van der Waals surface area contributed by atoms with Crippen molar-refractivity contribution in [2.45, 2.75) is 19.8 Å². The van der Waals surface area contributed by atoms with E-state index in [2.05, 4.69) is 62.1 Å². The van der Waals surface area contributed by atoms with Crippen LogP contribution < -0.4 is 0 Å². The summed E-state index contributed by atoms with van der Waals surface area (Å²) in [5, 5.41) is 0. The van der Waals surface area contributed by atoms with E-state index in [1.165, 1.54) is 33.4 Å². The molecule has 0 aliphatic heterocycles. The minimum atomic E-state index is 1.14. The number of fused-ring (bicyclic) bond motifs is 1. The zero-order chi connectivity index (χ0) is 13.2. The van der Waals surface area contributed by atoms with Gasteiger partial charge in [0.15, 0.2) is 0 Å². The Hall–Kier alpha value is -2.08. The molecule has 0 unspecified atom stereocenters. The first-order valence-corrected chi connectivity index (χ1v) is 6.81. The number of hydrogen-bond acceptors (Lipinski definition) is 0. The smallest absolute Gasteiger partial charge is 0.0146 e. The van der Waals surface area contributed by atoms with E-state index in [-0.39, 0.29) is 0 Å². The number of hydrogen-bond donors (Lipinski definition) is 0. The lowest BCUT2D eigenvalue weighted by molar-refractivity contribution is 0.988. The third kappa shape index (κ3) is 2.26. The lowest BCUT2D eigenvalue weighted by Gasteiger charge is -2.16. The lowest BCUT2D eigenvalue weighted by Crippen LogP contribution is -1.97. The monoisotopic (exact) mass is 246 g/mol. The maximum atomic E-state index is 3.88.